The number of aromatic nitrogens is 6. The first-order valence-electron chi connectivity index (χ1n) is 14.4. The zero-order chi connectivity index (χ0) is 31.2. The molecule has 0 fully saturated rings. The number of pyridine rings is 1. The first-order chi connectivity index (χ1) is 21.0. The van der Waals surface area contributed by atoms with Gasteiger partial charge in [-0.15, -0.1) is 5.10 Å². The van der Waals surface area contributed by atoms with Crippen LogP contribution in [0.1, 0.15) is 53.0 Å². The third-order valence-corrected chi connectivity index (χ3v) is 7.81. The topological polar surface area (TPSA) is 121 Å². The van der Waals surface area contributed by atoms with Crippen molar-refractivity contribution in [3.05, 3.63) is 92.9 Å². The van der Waals surface area contributed by atoms with Gasteiger partial charge in [-0.25, -0.2) is 4.68 Å². The molecule has 1 aliphatic rings. The lowest BCUT2D eigenvalue weighted by atomic mass is 9.88. The summed E-state index contributed by atoms with van der Waals surface area (Å²) in [5, 5.41) is 15.7. The van der Waals surface area contributed by atoms with Gasteiger partial charge in [0.15, 0.2) is 10.6 Å². The van der Waals surface area contributed by atoms with Crippen molar-refractivity contribution in [1.82, 2.24) is 29.8 Å². The van der Waals surface area contributed by atoms with Crippen molar-refractivity contribution in [3.8, 4) is 28.3 Å². The van der Waals surface area contributed by atoms with E-state index in [0.717, 1.165) is 0 Å². The molecule has 0 saturated heterocycles. The summed E-state index contributed by atoms with van der Waals surface area (Å²) in [4.78, 5) is 31.5. The van der Waals surface area contributed by atoms with Crippen LogP contribution in [0.25, 0.3) is 28.3 Å². The molecule has 2 atom stereocenters. The van der Waals surface area contributed by atoms with E-state index in [1.165, 1.54) is 41.0 Å². The number of carbonyl (C=O) groups excluding carboxylic acids is 1. The summed E-state index contributed by atoms with van der Waals surface area (Å²) < 4.78 is 25.4. The van der Waals surface area contributed by atoms with E-state index in [0.29, 0.717) is 63.7 Å². The summed E-state index contributed by atoms with van der Waals surface area (Å²) in [5.41, 5.74) is 3.25. The number of amides is 1. The van der Waals surface area contributed by atoms with Crippen LogP contribution < -0.4 is 10.7 Å². The molecular weight excluding hydrogens is 577 g/mol. The quantitative estimate of drug-likeness (QED) is 0.253. The maximum absolute atomic E-state index is 13.8. The van der Waals surface area contributed by atoms with Gasteiger partial charge in [0.25, 0.3) is 0 Å². The lowest BCUT2D eigenvalue weighted by Gasteiger charge is -2.20. The number of anilines is 1. The molecule has 5 heterocycles. The Labute approximate surface area is 254 Å². The zero-order valence-corrected chi connectivity index (χ0v) is 24.2. The molecule has 42 heavy (non-hydrogen) atoms. The zero-order valence-electron chi connectivity index (χ0n) is 24.7. The second-order valence-electron chi connectivity index (χ2n) is 10.1. The first kappa shape index (κ1) is 25.4. The number of hydrogen-bond donors (Lipinski definition) is 1. The van der Waals surface area contributed by atoms with Crippen molar-refractivity contribution < 1.29 is 12.0 Å². The molecule has 1 N–H and O–H groups in total. The number of nitrogens with one attached hydrogen (secondary N) is 1. The number of rotatable bonds is 4. The molecule has 1 amide bonds. The number of carbonyl (C=O) groups is 1. The van der Waals surface area contributed by atoms with Crippen molar-refractivity contribution >= 4 is 34.8 Å². The smallest absolute Gasteiger partial charge is 0.227 e. The number of hydrogen-bond acceptors (Lipinski definition) is 7. The van der Waals surface area contributed by atoms with Gasteiger partial charge in [0.2, 0.25) is 5.91 Å². The molecule has 1 unspecified atom stereocenters. The Balaban J connectivity index is 1.46. The van der Waals surface area contributed by atoms with Crippen LogP contribution in [-0.4, -0.2) is 35.7 Å². The number of fused-ring (bicyclic) bond motifs is 4. The lowest BCUT2D eigenvalue weighted by molar-refractivity contribution is -0.119. The molecule has 12 heteroatoms. The number of aryl methyl sites for hydroxylation is 1. The van der Waals surface area contributed by atoms with Crippen LogP contribution >= 0.6 is 23.2 Å². The lowest BCUT2D eigenvalue weighted by Crippen LogP contribution is -2.22. The fraction of sp³-hybridized carbons (Fsp3) is 0.267. The number of nitrogens with zero attached hydrogens (tertiary/aromatic N) is 6. The van der Waals surface area contributed by atoms with Crippen molar-refractivity contribution in [2.45, 2.75) is 45.5 Å². The Bertz CT molecular complexity index is 1930. The average Bonchev–Trinajstić information content (AvgIpc) is 3.61. The highest BCUT2D eigenvalue weighted by Crippen LogP contribution is 2.36. The van der Waals surface area contributed by atoms with Crippen LogP contribution in [0.3, 0.4) is 0 Å². The Morgan fingerprint density at radius 2 is 2.02 bits per heavy atom. The average molecular weight is 607 g/mol. The minimum atomic E-state index is -1.85. The maximum Gasteiger partial charge on any atom is 0.227 e. The first-order valence-corrected chi connectivity index (χ1v) is 14.1. The monoisotopic (exact) mass is 605 g/mol. The van der Waals surface area contributed by atoms with Gasteiger partial charge in [-0.1, -0.05) is 41.8 Å². The van der Waals surface area contributed by atoms with E-state index in [2.05, 4.69) is 25.7 Å². The van der Waals surface area contributed by atoms with E-state index in [1.54, 1.807) is 30.5 Å². The van der Waals surface area contributed by atoms with Gasteiger partial charge in [-0.2, -0.15) is 5.10 Å². The molecule has 6 rings (SSSR count). The van der Waals surface area contributed by atoms with Gasteiger partial charge in [0.1, 0.15) is 5.76 Å². The molecule has 0 radical (unpaired) electrons. The molecule has 2 bridgehead atoms. The molecule has 10 nitrogen and oxygen atoms in total. The van der Waals surface area contributed by atoms with Crippen LogP contribution in [0.5, 0.6) is 0 Å². The van der Waals surface area contributed by atoms with E-state index >= 15 is 0 Å². The molecule has 1 aromatic carbocycles. The predicted octanol–water partition coefficient (Wildman–Crippen LogP) is 6.36. The minimum Gasteiger partial charge on any atom is -0.464 e. The van der Waals surface area contributed by atoms with Crippen LogP contribution in [0, 0.1) is 5.92 Å². The molecule has 4 aromatic heterocycles. The van der Waals surface area contributed by atoms with E-state index in [1.807, 2.05) is 13.0 Å². The van der Waals surface area contributed by atoms with E-state index in [4.69, 9.17) is 30.4 Å². The Hall–Kier alpha value is -4.28. The van der Waals surface area contributed by atoms with E-state index < -0.39 is 12.4 Å². The standard InChI is InChI=1S/C30H27Cl2N7O3/c1-3-38-29-18-9-10-33-23(11-18)20(6-4-5-17(2)30(41)35-24(29)14-34-38)22-16-42-27(13-26(22)40)21-12-19(31)7-8-25(21)39-15-28(32)36-37-39/h7-17,20H,3-6H2,1-2H3,(H,35,41)/t17-,20?/m1/s1/i3D2. The SMILES string of the molecule is [2H]C([2H])(C)n1ncc2c1-c1ccnc(c1)C(c1coc(-c3cc(Cl)ccc3-n3cc(Cl)nn3)cc1=O)CCC[C@@H](C)C(=O)N2. The summed E-state index contributed by atoms with van der Waals surface area (Å²) in [6.45, 7) is 1.38. The summed E-state index contributed by atoms with van der Waals surface area (Å²) in [6, 6.07) is 10.0. The third kappa shape index (κ3) is 5.35. The highest BCUT2D eigenvalue weighted by molar-refractivity contribution is 6.31. The fourth-order valence-corrected chi connectivity index (χ4v) is 5.53. The van der Waals surface area contributed by atoms with Crippen LogP contribution in [0.4, 0.5) is 5.69 Å². The van der Waals surface area contributed by atoms with E-state index in [-0.39, 0.29) is 28.2 Å². The van der Waals surface area contributed by atoms with Crippen molar-refractivity contribution in [2.75, 3.05) is 5.32 Å². The Morgan fingerprint density at radius 1 is 1.17 bits per heavy atom. The second-order valence-corrected chi connectivity index (χ2v) is 10.9. The summed E-state index contributed by atoms with van der Waals surface area (Å²) in [6.07, 6.45) is 7.77. The fourth-order valence-electron chi connectivity index (χ4n) is 5.23. The van der Waals surface area contributed by atoms with Crippen molar-refractivity contribution in [3.63, 3.8) is 0 Å². The summed E-state index contributed by atoms with van der Waals surface area (Å²) >= 11 is 12.3. The molecule has 0 saturated carbocycles. The van der Waals surface area contributed by atoms with Gasteiger partial charge >= 0.3 is 0 Å². The van der Waals surface area contributed by atoms with Crippen LogP contribution in [-0.2, 0) is 11.3 Å². The molecule has 0 spiro atoms. The van der Waals surface area contributed by atoms with E-state index in [9.17, 15) is 9.59 Å². The normalized spacial score (nSPS) is 18.2. The summed E-state index contributed by atoms with van der Waals surface area (Å²) in [7, 11) is 0. The third-order valence-electron chi connectivity index (χ3n) is 7.40. The second kappa shape index (κ2) is 11.5. The molecule has 1 aliphatic heterocycles. The van der Waals surface area contributed by atoms with Crippen LogP contribution in [0.15, 0.2) is 70.5 Å². The van der Waals surface area contributed by atoms with Gasteiger partial charge in [-0.3, -0.25) is 19.3 Å². The molecular formula is C30H27Cl2N7O3. The Morgan fingerprint density at radius 3 is 2.79 bits per heavy atom. The minimum absolute atomic E-state index is 0.191. The molecule has 0 aliphatic carbocycles. The predicted molar refractivity (Wildman–Crippen MR) is 160 cm³/mol. The Kier molecular flexibility index (Phi) is 6.99. The highest BCUT2D eigenvalue weighted by atomic mass is 35.5. The van der Waals surface area contributed by atoms with Gasteiger partial charge in [0.05, 0.1) is 38.5 Å². The van der Waals surface area contributed by atoms with Crippen LogP contribution in [0.2, 0.25) is 10.2 Å². The number of benzene rings is 1. The van der Waals surface area contributed by atoms with Crippen molar-refractivity contribution in [2.24, 2.45) is 5.92 Å². The van der Waals surface area contributed by atoms with Crippen molar-refractivity contribution in [1.29, 1.82) is 0 Å². The largest absolute Gasteiger partial charge is 0.464 e. The number of halogens is 2. The maximum atomic E-state index is 13.8. The molecule has 214 valence electrons. The van der Waals surface area contributed by atoms with Gasteiger partial charge < -0.3 is 9.73 Å². The molecule has 5 aromatic rings. The highest BCUT2D eigenvalue weighted by Gasteiger charge is 2.25. The summed E-state index contributed by atoms with van der Waals surface area (Å²) in [5.74, 6) is -0.701. The van der Waals surface area contributed by atoms with Gasteiger partial charge in [0, 0.05) is 58.0 Å². The van der Waals surface area contributed by atoms with Gasteiger partial charge in [-0.05, 0) is 50.1 Å².